The van der Waals surface area contributed by atoms with Gasteiger partial charge in [0.05, 0.1) is 19.3 Å². The van der Waals surface area contributed by atoms with Crippen LogP contribution in [0.2, 0.25) is 0 Å². The zero-order valence-electron chi connectivity index (χ0n) is 10.5. The molecule has 0 fully saturated rings. The van der Waals surface area contributed by atoms with E-state index in [-0.39, 0.29) is 5.97 Å². The van der Waals surface area contributed by atoms with Crippen LogP contribution in [-0.2, 0) is 27.3 Å². The molecule has 0 unspecified atom stereocenters. The van der Waals surface area contributed by atoms with Crippen molar-refractivity contribution in [2.45, 2.75) is 32.2 Å². The molecule has 0 saturated carbocycles. The van der Waals surface area contributed by atoms with E-state index in [9.17, 15) is 9.59 Å². The third-order valence-corrected chi connectivity index (χ3v) is 2.58. The van der Waals surface area contributed by atoms with Gasteiger partial charge in [-0.15, -0.1) is 0 Å². The molecule has 18 heavy (non-hydrogen) atoms. The summed E-state index contributed by atoms with van der Waals surface area (Å²) >= 11 is 0. The van der Waals surface area contributed by atoms with Crippen molar-refractivity contribution < 1.29 is 14.3 Å². The van der Waals surface area contributed by atoms with Crippen LogP contribution in [0.1, 0.15) is 30.5 Å². The maximum Gasteiger partial charge on any atom is 0.305 e. The van der Waals surface area contributed by atoms with Gasteiger partial charge in [-0.3, -0.25) is 14.6 Å². The molecule has 1 aromatic heterocycles. The summed E-state index contributed by atoms with van der Waals surface area (Å²) in [6, 6.07) is 3.89. The van der Waals surface area contributed by atoms with E-state index < -0.39 is 0 Å². The van der Waals surface area contributed by atoms with E-state index in [1.54, 1.807) is 6.20 Å². The molecule has 0 atom stereocenters. The lowest BCUT2D eigenvalue weighted by molar-refractivity contribution is -0.140. The molecule has 0 aliphatic carbocycles. The lowest BCUT2D eigenvalue weighted by Crippen LogP contribution is -2.10. The summed E-state index contributed by atoms with van der Waals surface area (Å²) in [4.78, 5) is 25.3. The molecule has 1 rings (SSSR count). The summed E-state index contributed by atoms with van der Waals surface area (Å²) in [5, 5.41) is 2.56. The first-order valence-electron chi connectivity index (χ1n) is 5.94. The molecule has 0 aliphatic heterocycles. The summed E-state index contributed by atoms with van der Waals surface area (Å²) in [6.07, 6.45) is 5.57. The second-order valence-corrected chi connectivity index (χ2v) is 3.94. The minimum absolute atomic E-state index is 0.164. The predicted molar refractivity (Wildman–Crippen MR) is 66.7 cm³/mol. The third kappa shape index (κ3) is 5.43. The van der Waals surface area contributed by atoms with Gasteiger partial charge < -0.3 is 10.1 Å². The standard InChI is InChI=1S/C13H18N2O3/c1-18-13(17)5-3-2-4-11-6-7-12(15-8-11)9-14-10-16/h6-8,10H,2-5,9H2,1H3,(H,14,16). The summed E-state index contributed by atoms with van der Waals surface area (Å²) < 4.78 is 4.57. The highest BCUT2D eigenvalue weighted by Crippen LogP contribution is 2.07. The molecular formula is C13H18N2O3. The van der Waals surface area contributed by atoms with Gasteiger partial charge in [0, 0.05) is 12.6 Å². The number of amides is 1. The third-order valence-electron chi connectivity index (χ3n) is 2.58. The minimum Gasteiger partial charge on any atom is -0.469 e. The first-order valence-corrected chi connectivity index (χ1v) is 5.94. The van der Waals surface area contributed by atoms with Gasteiger partial charge in [0.25, 0.3) is 0 Å². The fourth-order valence-corrected chi connectivity index (χ4v) is 1.55. The van der Waals surface area contributed by atoms with Crippen LogP contribution in [0.15, 0.2) is 18.3 Å². The van der Waals surface area contributed by atoms with Crippen LogP contribution < -0.4 is 5.32 Å². The van der Waals surface area contributed by atoms with Crippen LogP contribution in [0.4, 0.5) is 0 Å². The number of hydrogen-bond donors (Lipinski definition) is 1. The van der Waals surface area contributed by atoms with Crippen molar-refractivity contribution in [1.29, 1.82) is 0 Å². The predicted octanol–water partition coefficient (Wildman–Crippen LogP) is 1.21. The van der Waals surface area contributed by atoms with Gasteiger partial charge in [-0.25, -0.2) is 0 Å². The fourth-order valence-electron chi connectivity index (χ4n) is 1.55. The van der Waals surface area contributed by atoms with E-state index in [4.69, 9.17) is 0 Å². The van der Waals surface area contributed by atoms with Gasteiger partial charge in [-0.05, 0) is 30.9 Å². The SMILES string of the molecule is COC(=O)CCCCc1ccc(CNC=O)nc1. The van der Waals surface area contributed by atoms with E-state index in [0.717, 1.165) is 30.5 Å². The highest BCUT2D eigenvalue weighted by atomic mass is 16.5. The number of ether oxygens (including phenoxy) is 1. The van der Waals surface area contributed by atoms with Crippen molar-refractivity contribution >= 4 is 12.4 Å². The molecule has 0 bridgehead atoms. The summed E-state index contributed by atoms with van der Waals surface area (Å²) in [5.74, 6) is -0.164. The van der Waals surface area contributed by atoms with E-state index in [2.05, 4.69) is 15.0 Å². The Morgan fingerprint density at radius 1 is 1.44 bits per heavy atom. The van der Waals surface area contributed by atoms with Crippen molar-refractivity contribution in [1.82, 2.24) is 10.3 Å². The minimum atomic E-state index is -0.164. The Balaban J connectivity index is 2.26. The van der Waals surface area contributed by atoms with Gasteiger partial charge in [-0.1, -0.05) is 6.07 Å². The van der Waals surface area contributed by atoms with E-state index in [0.29, 0.717) is 19.4 Å². The molecule has 0 radical (unpaired) electrons. The maximum absolute atomic E-state index is 10.9. The van der Waals surface area contributed by atoms with Crippen LogP contribution in [0.25, 0.3) is 0 Å². The number of carbonyl (C=O) groups excluding carboxylic acids is 2. The molecule has 0 aromatic carbocycles. The molecular weight excluding hydrogens is 232 g/mol. The van der Waals surface area contributed by atoms with E-state index in [1.807, 2.05) is 12.1 Å². The average Bonchev–Trinajstić information content (AvgIpc) is 2.42. The molecule has 0 aliphatic rings. The second kappa shape index (κ2) is 8.22. The summed E-state index contributed by atoms with van der Waals surface area (Å²) in [7, 11) is 1.40. The zero-order valence-corrected chi connectivity index (χ0v) is 10.5. The van der Waals surface area contributed by atoms with Gasteiger partial charge in [0.2, 0.25) is 6.41 Å². The monoisotopic (exact) mass is 250 g/mol. The van der Waals surface area contributed by atoms with Gasteiger partial charge in [0.1, 0.15) is 0 Å². The number of aromatic nitrogens is 1. The summed E-state index contributed by atoms with van der Waals surface area (Å²) in [6.45, 7) is 0.451. The Kier molecular flexibility index (Phi) is 6.46. The lowest BCUT2D eigenvalue weighted by atomic mass is 10.1. The smallest absolute Gasteiger partial charge is 0.305 e. The normalized spacial score (nSPS) is 9.83. The van der Waals surface area contributed by atoms with Crippen LogP contribution >= 0.6 is 0 Å². The average molecular weight is 250 g/mol. The molecule has 5 nitrogen and oxygen atoms in total. The number of pyridine rings is 1. The summed E-state index contributed by atoms with van der Waals surface area (Å²) in [5.41, 5.74) is 1.97. The first kappa shape index (κ1) is 14.2. The van der Waals surface area contributed by atoms with Gasteiger partial charge in [-0.2, -0.15) is 0 Å². The first-order chi connectivity index (χ1) is 8.76. The molecule has 0 spiro atoms. The van der Waals surface area contributed by atoms with Crippen molar-refractivity contribution in [3.05, 3.63) is 29.6 Å². The molecule has 1 heterocycles. The number of nitrogens with one attached hydrogen (secondary N) is 1. The number of carbonyl (C=O) groups is 2. The molecule has 1 amide bonds. The molecule has 1 aromatic rings. The molecule has 98 valence electrons. The Morgan fingerprint density at radius 2 is 2.28 bits per heavy atom. The van der Waals surface area contributed by atoms with Crippen LogP contribution in [0.5, 0.6) is 0 Å². The Bertz CT molecular complexity index is 376. The number of rotatable bonds is 8. The van der Waals surface area contributed by atoms with Crippen molar-refractivity contribution in [2.24, 2.45) is 0 Å². The van der Waals surface area contributed by atoms with Gasteiger partial charge >= 0.3 is 5.97 Å². The molecule has 1 N–H and O–H groups in total. The Labute approximate surface area is 107 Å². The van der Waals surface area contributed by atoms with Crippen LogP contribution in [0.3, 0.4) is 0 Å². The quantitative estimate of drug-likeness (QED) is 0.428. The largest absolute Gasteiger partial charge is 0.469 e. The van der Waals surface area contributed by atoms with Crippen molar-refractivity contribution in [3.63, 3.8) is 0 Å². The van der Waals surface area contributed by atoms with Crippen molar-refractivity contribution in [2.75, 3.05) is 7.11 Å². The highest BCUT2D eigenvalue weighted by Gasteiger charge is 2.00. The number of aryl methyl sites for hydroxylation is 1. The number of esters is 1. The fraction of sp³-hybridized carbons (Fsp3) is 0.462. The molecule has 5 heteroatoms. The maximum atomic E-state index is 10.9. The second-order valence-electron chi connectivity index (χ2n) is 3.94. The number of hydrogen-bond acceptors (Lipinski definition) is 4. The Hall–Kier alpha value is -1.91. The van der Waals surface area contributed by atoms with E-state index >= 15 is 0 Å². The molecule has 0 saturated heterocycles. The van der Waals surface area contributed by atoms with Crippen LogP contribution in [-0.4, -0.2) is 24.5 Å². The highest BCUT2D eigenvalue weighted by molar-refractivity contribution is 5.68. The number of unbranched alkanes of at least 4 members (excludes halogenated alkanes) is 1. The van der Waals surface area contributed by atoms with E-state index in [1.165, 1.54) is 7.11 Å². The number of nitrogens with zero attached hydrogens (tertiary/aromatic N) is 1. The van der Waals surface area contributed by atoms with Crippen molar-refractivity contribution in [3.8, 4) is 0 Å². The topological polar surface area (TPSA) is 68.3 Å². The zero-order chi connectivity index (χ0) is 13.2. The van der Waals surface area contributed by atoms with Gasteiger partial charge in [0.15, 0.2) is 0 Å². The lowest BCUT2D eigenvalue weighted by Gasteiger charge is -2.03. The van der Waals surface area contributed by atoms with Crippen LogP contribution in [0, 0.1) is 0 Å². The Morgan fingerprint density at radius 3 is 2.89 bits per heavy atom. The number of methoxy groups -OCH3 is 1.